The van der Waals surface area contributed by atoms with Crippen molar-refractivity contribution in [2.45, 2.75) is 78.6 Å². The predicted octanol–water partition coefficient (Wildman–Crippen LogP) is 6.38. The lowest BCUT2D eigenvalue weighted by atomic mass is 9.92. The van der Waals surface area contributed by atoms with Crippen molar-refractivity contribution in [2.24, 2.45) is 0 Å². The van der Waals surface area contributed by atoms with E-state index in [-0.39, 0.29) is 0 Å². The fourth-order valence-corrected chi connectivity index (χ4v) is 2.99. The molecule has 0 radical (unpaired) electrons. The van der Waals surface area contributed by atoms with Crippen molar-refractivity contribution in [3.8, 4) is 5.75 Å². The van der Waals surface area contributed by atoms with Crippen LogP contribution in [-0.4, -0.2) is 0 Å². The van der Waals surface area contributed by atoms with Crippen molar-refractivity contribution in [1.29, 1.82) is 0 Å². The minimum atomic E-state index is 0.583. The van der Waals surface area contributed by atoms with E-state index in [1.165, 1.54) is 55.2 Å². The Labute approximate surface area is 130 Å². The molecule has 0 spiro atoms. The summed E-state index contributed by atoms with van der Waals surface area (Å²) in [5.41, 5.74) is 4.29. The normalized spacial score (nSPS) is 14.3. The summed E-state index contributed by atoms with van der Waals surface area (Å²) in [5, 5.41) is 0. The average molecular weight is 286 g/mol. The van der Waals surface area contributed by atoms with Gasteiger partial charge in [-0.25, -0.2) is 0 Å². The van der Waals surface area contributed by atoms with Gasteiger partial charge in [-0.2, -0.15) is 0 Å². The molecule has 0 aliphatic carbocycles. The molecular formula is C20H30O. The Balaban J connectivity index is 1.97. The van der Waals surface area contributed by atoms with Gasteiger partial charge in [0.15, 0.2) is 0 Å². The van der Waals surface area contributed by atoms with Crippen LogP contribution in [0.3, 0.4) is 0 Å². The molecule has 1 aliphatic heterocycles. The fourth-order valence-electron chi connectivity index (χ4n) is 2.99. The molecule has 1 heteroatoms. The fraction of sp³-hybridized carbons (Fsp3) is 0.600. The van der Waals surface area contributed by atoms with Gasteiger partial charge in [-0.3, -0.25) is 0 Å². The lowest BCUT2D eigenvalue weighted by Crippen LogP contribution is -2.09. The number of ether oxygens (including phenoxy) is 1. The van der Waals surface area contributed by atoms with Gasteiger partial charge in [0.2, 0.25) is 0 Å². The van der Waals surface area contributed by atoms with Crippen molar-refractivity contribution in [3.05, 3.63) is 40.7 Å². The van der Waals surface area contributed by atoms with Crippen LogP contribution in [0, 0.1) is 0 Å². The van der Waals surface area contributed by atoms with Gasteiger partial charge >= 0.3 is 0 Å². The van der Waals surface area contributed by atoms with Crippen LogP contribution in [0.25, 0.3) is 0 Å². The Bertz CT molecular complexity index is 497. The van der Waals surface area contributed by atoms with Gasteiger partial charge in [-0.1, -0.05) is 58.6 Å². The zero-order valence-corrected chi connectivity index (χ0v) is 14.2. The zero-order chi connectivity index (χ0) is 15.2. The van der Waals surface area contributed by atoms with Crippen molar-refractivity contribution in [1.82, 2.24) is 0 Å². The van der Waals surface area contributed by atoms with E-state index in [9.17, 15) is 0 Å². The highest BCUT2D eigenvalue weighted by Gasteiger charge is 2.17. The van der Waals surface area contributed by atoms with Crippen LogP contribution >= 0.6 is 0 Å². The summed E-state index contributed by atoms with van der Waals surface area (Å²) in [6, 6.07) is 6.68. The van der Waals surface area contributed by atoms with Gasteiger partial charge in [0.25, 0.3) is 0 Å². The molecule has 0 saturated carbocycles. The highest BCUT2D eigenvalue weighted by atomic mass is 16.5. The highest BCUT2D eigenvalue weighted by molar-refractivity contribution is 5.44. The molecule has 0 bridgehead atoms. The van der Waals surface area contributed by atoms with Crippen LogP contribution in [0.2, 0.25) is 0 Å². The summed E-state index contributed by atoms with van der Waals surface area (Å²) in [6.07, 6.45) is 8.98. The Kier molecular flexibility index (Phi) is 5.90. The second kappa shape index (κ2) is 7.68. The molecule has 1 aromatic rings. The summed E-state index contributed by atoms with van der Waals surface area (Å²) in [4.78, 5) is 0. The third-order valence-electron chi connectivity index (χ3n) is 4.50. The van der Waals surface area contributed by atoms with E-state index in [1.807, 2.05) is 0 Å². The molecule has 2 rings (SSSR count). The zero-order valence-electron chi connectivity index (χ0n) is 14.2. The maximum atomic E-state index is 6.04. The van der Waals surface area contributed by atoms with Crippen LogP contribution < -0.4 is 4.74 Å². The number of unbranched alkanes of at least 4 members (excludes halogenated alkanes) is 4. The maximum absolute atomic E-state index is 6.04. The Morgan fingerprint density at radius 1 is 1.10 bits per heavy atom. The first kappa shape index (κ1) is 16.1. The van der Waals surface area contributed by atoms with Crippen molar-refractivity contribution >= 4 is 0 Å². The van der Waals surface area contributed by atoms with Gasteiger partial charge in [-0.05, 0) is 48.4 Å². The summed E-state index contributed by atoms with van der Waals surface area (Å²) in [7, 11) is 0. The molecule has 0 unspecified atom stereocenters. The molecule has 116 valence electrons. The molecule has 0 fully saturated rings. The van der Waals surface area contributed by atoms with E-state index in [2.05, 4.69) is 45.9 Å². The Hall–Kier alpha value is -1.24. The molecule has 0 aromatic heterocycles. The lowest BCUT2D eigenvalue weighted by molar-refractivity contribution is 0.397. The monoisotopic (exact) mass is 286 g/mol. The third kappa shape index (κ3) is 4.36. The lowest BCUT2D eigenvalue weighted by Gasteiger charge is -2.23. The summed E-state index contributed by atoms with van der Waals surface area (Å²) < 4.78 is 6.04. The molecule has 1 aliphatic rings. The van der Waals surface area contributed by atoms with E-state index in [0.29, 0.717) is 5.92 Å². The first-order valence-electron chi connectivity index (χ1n) is 8.61. The molecule has 0 atom stereocenters. The molecule has 21 heavy (non-hydrogen) atoms. The Morgan fingerprint density at radius 2 is 1.86 bits per heavy atom. The first-order chi connectivity index (χ1) is 10.1. The predicted molar refractivity (Wildman–Crippen MR) is 90.9 cm³/mol. The minimum Gasteiger partial charge on any atom is -0.462 e. The van der Waals surface area contributed by atoms with Crippen molar-refractivity contribution < 1.29 is 4.74 Å². The molecule has 1 aromatic carbocycles. The van der Waals surface area contributed by atoms with E-state index in [0.717, 1.165) is 17.9 Å². The molecule has 1 nitrogen and oxygen atoms in total. The summed E-state index contributed by atoms with van der Waals surface area (Å²) >= 11 is 0. The summed E-state index contributed by atoms with van der Waals surface area (Å²) in [5.74, 6) is 2.78. The van der Waals surface area contributed by atoms with Crippen LogP contribution in [0.5, 0.6) is 5.75 Å². The third-order valence-corrected chi connectivity index (χ3v) is 4.50. The highest BCUT2D eigenvalue weighted by Crippen LogP contribution is 2.34. The number of rotatable bonds is 7. The van der Waals surface area contributed by atoms with E-state index >= 15 is 0 Å². The van der Waals surface area contributed by atoms with Gasteiger partial charge in [0.05, 0.1) is 0 Å². The van der Waals surface area contributed by atoms with E-state index in [1.54, 1.807) is 0 Å². The number of fused-ring (bicyclic) bond motifs is 1. The quantitative estimate of drug-likeness (QED) is 0.528. The van der Waals surface area contributed by atoms with E-state index < -0.39 is 0 Å². The standard InChI is InChI=1S/C20H30O/c1-5-6-7-8-9-10-18-14-19-13-17(15(2)3)11-12-20(19)21-16(18)4/h11-13,15H,5-10,14H2,1-4H3. The second-order valence-electron chi connectivity index (χ2n) is 6.62. The second-order valence-corrected chi connectivity index (χ2v) is 6.62. The molecular weight excluding hydrogens is 256 g/mol. The summed E-state index contributed by atoms with van der Waals surface area (Å²) in [6.45, 7) is 8.90. The van der Waals surface area contributed by atoms with Gasteiger partial charge in [-0.15, -0.1) is 0 Å². The molecule has 0 N–H and O–H groups in total. The molecule has 0 amide bonds. The molecule has 0 saturated heterocycles. The first-order valence-corrected chi connectivity index (χ1v) is 8.61. The largest absolute Gasteiger partial charge is 0.462 e. The van der Waals surface area contributed by atoms with Gasteiger partial charge < -0.3 is 4.74 Å². The van der Waals surface area contributed by atoms with Crippen LogP contribution in [0.4, 0.5) is 0 Å². The van der Waals surface area contributed by atoms with Crippen LogP contribution in [0.1, 0.15) is 83.3 Å². The van der Waals surface area contributed by atoms with Gasteiger partial charge in [0, 0.05) is 6.42 Å². The Morgan fingerprint density at radius 3 is 2.57 bits per heavy atom. The minimum absolute atomic E-state index is 0.583. The number of hydrogen-bond donors (Lipinski definition) is 0. The van der Waals surface area contributed by atoms with Crippen LogP contribution in [-0.2, 0) is 6.42 Å². The van der Waals surface area contributed by atoms with Crippen LogP contribution in [0.15, 0.2) is 29.5 Å². The molecule has 1 heterocycles. The maximum Gasteiger partial charge on any atom is 0.130 e. The van der Waals surface area contributed by atoms with Gasteiger partial charge in [0.1, 0.15) is 11.5 Å². The van der Waals surface area contributed by atoms with Crippen molar-refractivity contribution in [2.75, 3.05) is 0 Å². The number of benzene rings is 1. The topological polar surface area (TPSA) is 9.23 Å². The average Bonchev–Trinajstić information content (AvgIpc) is 2.46. The SMILES string of the molecule is CCCCCCCC1=C(C)Oc2ccc(C(C)C)cc2C1. The van der Waals surface area contributed by atoms with E-state index in [4.69, 9.17) is 4.74 Å². The smallest absolute Gasteiger partial charge is 0.130 e. The number of hydrogen-bond acceptors (Lipinski definition) is 1. The number of allylic oxidation sites excluding steroid dienone is 2. The van der Waals surface area contributed by atoms with Crippen molar-refractivity contribution in [3.63, 3.8) is 0 Å².